The number of benzene rings is 1. The fourth-order valence-corrected chi connectivity index (χ4v) is 1.84. The molecule has 2 N–H and O–H groups in total. The van der Waals surface area contributed by atoms with Gasteiger partial charge in [-0.25, -0.2) is 0 Å². The number of nitro groups is 1. The molecule has 0 unspecified atom stereocenters. The number of halogens is 1. The zero-order valence-corrected chi connectivity index (χ0v) is 14.1. The van der Waals surface area contributed by atoms with Crippen LogP contribution in [0.15, 0.2) is 18.2 Å². The number of nitro benzene ring substituents is 1. The number of likely N-dealkylation sites (N-methyl/N-ethyl adjacent to an activating group) is 1. The molecule has 0 saturated heterocycles. The minimum absolute atomic E-state index is 0.110. The summed E-state index contributed by atoms with van der Waals surface area (Å²) in [6, 6.07) is 3.25. The van der Waals surface area contributed by atoms with Crippen LogP contribution in [0.3, 0.4) is 0 Å². The van der Waals surface area contributed by atoms with Gasteiger partial charge in [-0.05, 0) is 32.9 Å². The predicted octanol–water partition coefficient (Wildman–Crippen LogP) is 1.52. The lowest BCUT2D eigenvalue weighted by atomic mass is 10.1. The van der Waals surface area contributed by atoms with Crippen molar-refractivity contribution in [3.05, 3.63) is 34.1 Å². The molecule has 0 atom stereocenters. The summed E-state index contributed by atoms with van der Waals surface area (Å²) in [5, 5.41) is 16.1. The van der Waals surface area contributed by atoms with Crippen molar-refractivity contribution in [2.45, 2.75) is 26.3 Å². The smallest absolute Gasteiger partial charge is 0.306 e. The topological polar surface area (TPSA) is 105 Å². The van der Waals surface area contributed by atoms with Crippen LogP contribution in [0.2, 0.25) is 0 Å². The number of nitrogens with zero attached hydrogens (tertiary/aromatic N) is 2. The second kappa shape index (κ2) is 7.71. The third-order valence-corrected chi connectivity index (χ3v) is 2.91. The van der Waals surface area contributed by atoms with Gasteiger partial charge in [0, 0.05) is 24.3 Å². The molecule has 0 bridgehead atoms. The zero-order valence-electron chi connectivity index (χ0n) is 14.1. The zero-order chi connectivity index (χ0) is 18.5. The van der Waals surface area contributed by atoms with Crippen LogP contribution >= 0.6 is 0 Å². The molecule has 24 heavy (non-hydrogen) atoms. The number of anilines is 1. The van der Waals surface area contributed by atoms with Crippen LogP contribution in [-0.2, 0) is 9.59 Å². The summed E-state index contributed by atoms with van der Waals surface area (Å²) in [5.74, 6) is -1.63. The Morgan fingerprint density at radius 2 is 1.96 bits per heavy atom. The first-order valence-electron chi connectivity index (χ1n) is 7.22. The minimum Gasteiger partial charge on any atom is -0.376 e. The van der Waals surface area contributed by atoms with Gasteiger partial charge >= 0.3 is 5.69 Å². The molecule has 8 nitrogen and oxygen atoms in total. The van der Waals surface area contributed by atoms with Crippen molar-refractivity contribution in [1.82, 2.24) is 10.2 Å². The van der Waals surface area contributed by atoms with Crippen molar-refractivity contribution >= 4 is 23.2 Å². The molecule has 0 spiro atoms. The Labute approximate surface area is 139 Å². The Bertz CT molecular complexity index is 643. The first-order chi connectivity index (χ1) is 11.0. The SMILES string of the molecule is CN(CC(=O)NC(C)(C)C)C(=O)CNc1ccc(F)c([N+](=O)[O-])c1. The molecule has 0 heterocycles. The van der Waals surface area contributed by atoms with Crippen LogP contribution in [0, 0.1) is 15.9 Å². The van der Waals surface area contributed by atoms with E-state index < -0.39 is 22.0 Å². The maximum absolute atomic E-state index is 13.2. The average molecular weight is 340 g/mol. The number of hydrogen-bond donors (Lipinski definition) is 2. The first kappa shape index (κ1) is 19.3. The molecule has 1 aromatic carbocycles. The van der Waals surface area contributed by atoms with Crippen LogP contribution in [0.4, 0.5) is 15.8 Å². The maximum atomic E-state index is 13.2. The second-order valence-electron chi connectivity index (χ2n) is 6.32. The fourth-order valence-electron chi connectivity index (χ4n) is 1.84. The minimum atomic E-state index is -0.951. The third kappa shape index (κ3) is 6.19. The Morgan fingerprint density at radius 3 is 2.50 bits per heavy atom. The van der Waals surface area contributed by atoms with Crippen molar-refractivity contribution in [3.63, 3.8) is 0 Å². The summed E-state index contributed by atoms with van der Waals surface area (Å²) in [4.78, 5) is 34.8. The molecule has 1 rings (SSSR count). The molecule has 0 saturated carbocycles. The lowest BCUT2D eigenvalue weighted by Crippen LogP contribution is -2.47. The number of nitrogens with one attached hydrogen (secondary N) is 2. The van der Waals surface area contributed by atoms with Gasteiger partial charge in [-0.15, -0.1) is 0 Å². The maximum Gasteiger partial charge on any atom is 0.306 e. The van der Waals surface area contributed by atoms with Gasteiger partial charge in [0.05, 0.1) is 18.0 Å². The van der Waals surface area contributed by atoms with Gasteiger partial charge < -0.3 is 15.5 Å². The standard InChI is InChI=1S/C15H21FN4O4/c1-15(2,3)18-13(21)9-19(4)14(22)8-17-10-5-6-11(16)12(7-10)20(23)24/h5-7,17H,8-9H2,1-4H3,(H,18,21). The highest BCUT2D eigenvalue weighted by Gasteiger charge is 2.18. The normalized spacial score (nSPS) is 10.9. The van der Waals surface area contributed by atoms with Crippen molar-refractivity contribution in [2.24, 2.45) is 0 Å². The Kier molecular flexibility index (Phi) is 6.21. The summed E-state index contributed by atoms with van der Waals surface area (Å²) >= 11 is 0. The van der Waals surface area contributed by atoms with E-state index in [2.05, 4.69) is 10.6 Å². The largest absolute Gasteiger partial charge is 0.376 e. The summed E-state index contributed by atoms with van der Waals surface area (Å²) < 4.78 is 13.2. The molecular formula is C15H21FN4O4. The molecular weight excluding hydrogens is 319 g/mol. The van der Waals surface area contributed by atoms with Gasteiger partial charge in [0.1, 0.15) is 0 Å². The first-order valence-corrected chi connectivity index (χ1v) is 7.22. The number of rotatable bonds is 6. The fraction of sp³-hybridized carbons (Fsp3) is 0.467. The molecule has 132 valence electrons. The number of carbonyl (C=O) groups excluding carboxylic acids is 2. The highest BCUT2D eigenvalue weighted by atomic mass is 19.1. The van der Waals surface area contributed by atoms with E-state index in [0.717, 1.165) is 12.1 Å². The van der Waals surface area contributed by atoms with E-state index in [4.69, 9.17) is 0 Å². The number of carbonyl (C=O) groups is 2. The van der Waals surface area contributed by atoms with Crippen molar-refractivity contribution < 1.29 is 18.9 Å². The number of amides is 2. The molecule has 1 aromatic rings. The highest BCUT2D eigenvalue weighted by Crippen LogP contribution is 2.21. The van der Waals surface area contributed by atoms with E-state index in [1.165, 1.54) is 18.0 Å². The molecule has 0 aliphatic heterocycles. The van der Waals surface area contributed by atoms with E-state index in [-0.39, 0.29) is 30.6 Å². The van der Waals surface area contributed by atoms with Crippen molar-refractivity contribution in [2.75, 3.05) is 25.5 Å². The number of hydrogen-bond acceptors (Lipinski definition) is 5. The van der Waals surface area contributed by atoms with Gasteiger partial charge in [-0.3, -0.25) is 19.7 Å². The monoisotopic (exact) mass is 340 g/mol. The van der Waals surface area contributed by atoms with Gasteiger partial charge in [-0.2, -0.15) is 4.39 Å². The van der Waals surface area contributed by atoms with E-state index >= 15 is 0 Å². The lowest BCUT2D eigenvalue weighted by molar-refractivity contribution is -0.387. The summed E-state index contributed by atoms with van der Waals surface area (Å²) in [6.07, 6.45) is 0. The Balaban J connectivity index is 2.58. The van der Waals surface area contributed by atoms with Gasteiger partial charge in [0.15, 0.2) is 0 Å². The van der Waals surface area contributed by atoms with E-state index in [0.29, 0.717) is 0 Å². The van der Waals surface area contributed by atoms with Crippen molar-refractivity contribution in [3.8, 4) is 0 Å². The molecule has 0 aromatic heterocycles. The van der Waals surface area contributed by atoms with E-state index in [1.807, 2.05) is 20.8 Å². The second-order valence-corrected chi connectivity index (χ2v) is 6.32. The van der Waals surface area contributed by atoms with Crippen LogP contribution in [0.5, 0.6) is 0 Å². The molecule has 9 heteroatoms. The third-order valence-electron chi connectivity index (χ3n) is 2.91. The van der Waals surface area contributed by atoms with E-state index in [1.54, 1.807) is 0 Å². The molecule has 2 amide bonds. The van der Waals surface area contributed by atoms with Crippen LogP contribution < -0.4 is 10.6 Å². The predicted molar refractivity (Wildman–Crippen MR) is 87.1 cm³/mol. The highest BCUT2D eigenvalue weighted by molar-refractivity contribution is 5.87. The Hall–Kier alpha value is -2.71. The van der Waals surface area contributed by atoms with Crippen LogP contribution in [-0.4, -0.2) is 47.3 Å². The average Bonchev–Trinajstić information content (AvgIpc) is 2.43. The molecule has 0 fully saturated rings. The van der Waals surface area contributed by atoms with Crippen LogP contribution in [0.1, 0.15) is 20.8 Å². The van der Waals surface area contributed by atoms with E-state index in [9.17, 15) is 24.1 Å². The van der Waals surface area contributed by atoms with Crippen molar-refractivity contribution in [1.29, 1.82) is 0 Å². The summed E-state index contributed by atoms with van der Waals surface area (Å²) in [7, 11) is 1.47. The molecule has 0 aliphatic carbocycles. The summed E-state index contributed by atoms with van der Waals surface area (Å²) in [5.41, 5.74) is -0.832. The van der Waals surface area contributed by atoms with Crippen LogP contribution in [0.25, 0.3) is 0 Å². The molecule has 0 radical (unpaired) electrons. The van der Waals surface area contributed by atoms with Gasteiger partial charge in [0.25, 0.3) is 0 Å². The Morgan fingerprint density at radius 1 is 1.33 bits per heavy atom. The molecule has 0 aliphatic rings. The lowest BCUT2D eigenvalue weighted by Gasteiger charge is -2.23. The van der Waals surface area contributed by atoms with Gasteiger partial charge in [0.2, 0.25) is 17.6 Å². The summed E-state index contributed by atoms with van der Waals surface area (Å²) in [6.45, 7) is 5.20. The van der Waals surface area contributed by atoms with Gasteiger partial charge in [-0.1, -0.05) is 0 Å². The quantitative estimate of drug-likeness (QED) is 0.603.